The van der Waals surface area contributed by atoms with Gasteiger partial charge in [-0.15, -0.1) is 0 Å². The largest absolute Gasteiger partial charge is 0.323 e. The highest BCUT2D eigenvalue weighted by Gasteiger charge is 2.38. The van der Waals surface area contributed by atoms with Gasteiger partial charge in [0, 0.05) is 37.3 Å². The third kappa shape index (κ3) is 3.75. The molecule has 1 aromatic heterocycles. The normalized spacial score (nSPS) is 20.4. The first-order chi connectivity index (χ1) is 9.62. The minimum absolute atomic E-state index is 0.0664. The van der Waals surface area contributed by atoms with Gasteiger partial charge in [-0.1, -0.05) is 6.92 Å². The van der Waals surface area contributed by atoms with Crippen LogP contribution in [-0.2, 0) is 13.5 Å². The molecule has 21 heavy (non-hydrogen) atoms. The standard InChI is InChI=1S/C15H27N5O/c1-7-11-8-12(19(6)17-11)16-13(21)20-9-14(2,3)18-15(4,5)10-20/h8,18H,7,9-10H2,1-6H3,(H,16,21). The van der Waals surface area contributed by atoms with Gasteiger partial charge < -0.3 is 10.2 Å². The van der Waals surface area contributed by atoms with Crippen molar-refractivity contribution >= 4 is 11.8 Å². The lowest BCUT2D eigenvalue weighted by Gasteiger charge is -2.48. The van der Waals surface area contributed by atoms with E-state index in [1.807, 2.05) is 18.0 Å². The number of nitrogens with one attached hydrogen (secondary N) is 2. The number of hydrogen-bond acceptors (Lipinski definition) is 3. The highest BCUT2D eigenvalue weighted by molar-refractivity contribution is 5.88. The van der Waals surface area contributed by atoms with E-state index >= 15 is 0 Å². The number of amides is 2. The molecule has 2 rings (SSSR count). The average molecular weight is 293 g/mol. The van der Waals surface area contributed by atoms with Crippen LogP contribution in [0.15, 0.2) is 6.07 Å². The number of aryl methyl sites for hydroxylation is 2. The Hall–Kier alpha value is -1.56. The molecule has 118 valence electrons. The van der Waals surface area contributed by atoms with Crippen molar-refractivity contribution in [2.24, 2.45) is 7.05 Å². The van der Waals surface area contributed by atoms with Crippen LogP contribution in [0, 0.1) is 0 Å². The van der Waals surface area contributed by atoms with Gasteiger partial charge in [-0.3, -0.25) is 10.00 Å². The first-order valence-electron chi connectivity index (χ1n) is 7.50. The van der Waals surface area contributed by atoms with Crippen molar-refractivity contribution in [3.8, 4) is 0 Å². The number of nitrogens with zero attached hydrogens (tertiary/aromatic N) is 3. The molecule has 1 aliphatic rings. The zero-order valence-electron chi connectivity index (χ0n) is 13.9. The summed E-state index contributed by atoms with van der Waals surface area (Å²) < 4.78 is 1.72. The van der Waals surface area contributed by atoms with E-state index < -0.39 is 0 Å². The van der Waals surface area contributed by atoms with Crippen molar-refractivity contribution in [2.45, 2.75) is 52.1 Å². The van der Waals surface area contributed by atoms with Crippen LogP contribution >= 0.6 is 0 Å². The zero-order chi connectivity index (χ0) is 15.8. The second-order valence-electron chi connectivity index (χ2n) is 7.18. The fourth-order valence-corrected chi connectivity index (χ4v) is 3.15. The summed E-state index contributed by atoms with van der Waals surface area (Å²) in [6, 6.07) is 1.86. The summed E-state index contributed by atoms with van der Waals surface area (Å²) in [6.07, 6.45) is 0.859. The van der Waals surface area contributed by atoms with Crippen molar-refractivity contribution in [3.05, 3.63) is 11.8 Å². The second-order valence-corrected chi connectivity index (χ2v) is 7.18. The fourth-order valence-electron chi connectivity index (χ4n) is 3.15. The van der Waals surface area contributed by atoms with Gasteiger partial charge in [-0.05, 0) is 34.1 Å². The zero-order valence-corrected chi connectivity index (χ0v) is 13.9. The number of carbonyl (C=O) groups excluding carboxylic acids is 1. The van der Waals surface area contributed by atoms with Crippen molar-refractivity contribution in [2.75, 3.05) is 18.4 Å². The van der Waals surface area contributed by atoms with Crippen LogP contribution in [0.1, 0.15) is 40.3 Å². The molecule has 0 aliphatic carbocycles. The van der Waals surface area contributed by atoms with Gasteiger partial charge in [0.2, 0.25) is 0 Å². The molecule has 0 unspecified atom stereocenters. The lowest BCUT2D eigenvalue weighted by atomic mass is 9.92. The van der Waals surface area contributed by atoms with Crippen LogP contribution in [0.3, 0.4) is 0 Å². The van der Waals surface area contributed by atoms with E-state index in [-0.39, 0.29) is 17.1 Å². The topological polar surface area (TPSA) is 62.2 Å². The maximum absolute atomic E-state index is 12.5. The van der Waals surface area contributed by atoms with Gasteiger partial charge in [-0.25, -0.2) is 4.79 Å². The van der Waals surface area contributed by atoms with Gasteiger partial charge in [0.25, 0.3) is 0 Å². The Balaban J connectivity index is 2.10. The van der Waals surface area contributed by atoms with Crippen LogP contribution in [0.2, 0.25) is 0 Å². The molecule has 2 amide bonds. The van der Waals surface area contributed by atoms with E-state index in [0.717, 1.165) is 17.9 Å². The Morgan fingerprint density at radius 3 is 2.38 bits per heavy atom. The maximum atomic E-state index is 12.5. The average Bonchev–Trinajstić information content (AvgIpc) is 2.66. The minimum Gasteiger partial charge on any atom is -0.321 e. The van der Waals surface area contributed by atoms with Crippen molar-refractivity contribution < 1.29 is 4.79 Å². The van der Waals surface area contributed by atoms with Crippen LogP contribution in [0.4, 0.5) is 10.6 Å². The van der Waals surface area contributed by atoms with E-state index in [9.17, 15) is 4.79 Å². The summed E-state index contributed by atoms with van der Waals surface area (Å²) in [4.78, 5) is 14.4. The molecule has 0 spiro atoms. The number of carbonyl (C=O) groups is 1. The van der Waals surface area contributed by atoms with Crippen molar-refractivity contribution in [1.82, 2.24) is 20.0 Å². The number of aromatic nitrogens is 2. The molecule has 1 fully saturated rings. The maximum Gasteiger partial charge on any atom is 0.323 e. The number of anilines is 1. The first-order valence-corrected chi connectivity index (χ1v) is 7.50. The SMILES string of the molecule is CCc1cc(NC(=O)N2CC(C)(C)NC(C)(C)C2)n(C)n1. The number of hydrogen-bond donors (Lipinski definition) is 2. The summed E-state index contributed by atoms with van der Waals surface area (Å²) in [7, 11) is 1.85. The van der Waals surface area contributed by atoms with Crippen LogP contribution in [0.25, 0.3) is 0 Å². The second kappa shape index (κ2) is 5.33. The Labute approximate surface area is 126 Å². The summed E-state index contributed by atoms with van der Waals surface area (Å²) in [5.74, 6) is 0.742. The Bertz CT molecular complexity index is 516. The number of rotatable bonds is 2. The molecule has 0 aromatic carbocycles. The Morgan fingerprint density at radius 2 is 1.90 bits per heavy atom. The molecule has 0 radical (unpaired) electrons. The molecule has 6 nitrogen and oxygen atoms in total. The molecule has 1 saturated heterocycles. The molecule has 1 aromatic rings. The van der Waals surface area contributed by atoms with E-state index in [1.165, 1.54) is 0 Å². The van der Waals surface area contributed by atoms with Gasteiger partial charge in [0.1, 0.15) is 5.82 Å². The quantitative estimate of drug-likeness (QED) is 0.876. The number of piperazine rings is 1. The Morgan fingerprint density at radius 1 is 1.33 bits per heavy atom. The van der Waals surface area contributed by atoms with Crippen LogP contribution < -0.4 is 10.6 Å². The molecule has 0 bridgehead atoms. The molecular formula is C15H27N5O. The van der Waals surface area contributed by atoms with Gasteiger partial charge in [0.15, 0.2) is 0 Å². The van der Waals surface area contributed by atoms with E-state index in [0.29, 0.717) is 13.1 Å². The van der Waals surface area contributed by atoms with Gasteiger partial charge in [-0.2, -0.15) is 5.10 Å². The van der Waals surface area contributed by atoms with E-state index in [2.05, 4.69) is 50.4 Å². The molecule has 0 saturated carbocycles. The molecule has 1 aliphatic heterocycles. The molecule has 0 atom stereocenters. The predicted octanol–water partition coefficient (Wildman–Crippen LogP) is 1.98. The molecular weight excluding hydrogens is 266 g/mol. The monoisotopic (exact) mass is 293 g/mol. The highest BCUT2D eigenvalue weighted by Crippen LogP contribution is 2.21. The fraction of sp³-hybridized carbons (Fsp3) is 0.733. The molecule has 6 heteroatoms. The lowest BCUT2D eigenvalue weighted by molar-refractivity contribution is 0.102. The summed E-state index contributed by atoms with van der Waals surface area (Å²) in [6.45, 7) is 11.9. The van der Waals surface area contributed by atoms with Crippen LogP contribution in [-0.4, -0.2) is 44.9 Å². The van der Waals surface area contributed by atoms with Crippen LogP contribution in [0.5, 0.6) is 0 Å². The lowest BCUT2D eigenvalue weighted by Crippen LogP contribution is -2.68. The first kappa shape index (κ1) is 15.8. The predicted molar refractivity (Wildman–Crippen MR) is 84.5 cm³/mol. The Kier molecular flexibility index (Phi) is 4.02. The number of urea groups is 1. The van der Waals surface area contributed by atoms with Gasteiger partial charge >= 0.3 is 6.03 Å². The van der Waals surface area contributed by atoms with E-state index in [4.69, 9.17) is 0 Å². The summed E-state index contributed by atoms with van der Waals surface area (Å²) in [5, 5.41) is 10.9. The summed E-state index contributed by atoms with van der Waals surface area (Å²) in [5.41, 5.74) is 0.786. The highest BCUT2D eigenvalue weighted by atomic mass is 16.2. The smallest absolute Gasteiger partial charge is 0.321 e. The van der Waals surface area contributed by atoms with Crippen molar-refractivity contribution in [1.29, 1.82) is 0 Å². The third-order valence-electron chi connectivity index (χ3n) is 3.66. The van der Waals surface area contributed by atoms with E-state index in [1.54, 1.807) is 4.68 Å². The molecule has 2 heterocycles. The van der Waals surface area contributed by atoms with Crippen molar-refractivity contribution in [3.63, 3.8) is 0 Å². The molecule has 2 N–H and O–H groups in total. The van der Waals surface area contributed by atoms with Gasteiger partial charge in [0.05, 0.1) is 5.69 Å². The minimum atomic E-state index is -0.0971. The summed E-state index contributed by atoms with van der Waals surface area (Å²) >= 11 is 0. The third-order valence-corrected chi connectivity index (χ3v) is 3.66.